The third kappa shape index (κ3) is 3.57. The van der Waals surface area contributed by atoms with Crippen molar-refractivity contribution in [1.29, 1.82) is 0 Å². The van der Waals surface area contributed by atoms with Crippen LogP contribution in [0.3, 0.4) is 0 Å². The molecule has 0 aliphatic rings. The molecule has 0 saturated carbocycles. The third-order valence-electron chi connectivity index (χ3n) is 2.35. The van der Waals surface area contributed by atoms with Crippen LogP contribution in [-0.4, -0.2) is 28.4 Å². The fourth-order valence-electron chi connectivity index (χ4n) is 1.38. The van der Waals surface area contributed by atoms with E-state index in [-0.39, 0.29) is 10.6 Å². The van der Waals surface area contributed by atoms with E-state index in [1.807, 2.05) is 0 Å². The summed E-state index contributed by atoms with van der Waals surface area (Å²) >= 11 is 0.796. The maximum Gasteiger partial charge on any atom is 0.316 e. The van der Waals surface area contributed by atoms with Crippen LogP contribution < -0.4 is 4.74 Å². The van der Waals surface area contributed by atoms with Crippen molar-refractivity contribution in [3.05, 3.63) is 28.1 Å². The second-order valence-corrected chi connectivity index (χ2v) is 4.81. The molecule has 0 bridgehead atoms. The van der Waals surface area contributed by atoms with Gasteiger partial charge in [-0.3, -0.25) is 14.9 Å². The number of nitro benzene ring substituents is 1. The van der Waals surface area contributed by atoms with Gasteiger partial charge in [0.2, 0.25) is 0 Å². The first-order chi connectivity index (χ1) is 8.90. The lowest BCUT2D eigenvalue weighted by Crippen LogP contribution is -2.15. The van der Waals surface area contributed by atoms with Crippen LogP contribution in [-0.2, 0) is 4.79 Å². The predicted molar refractivity (Wildman–Crippen MR) is 67.2 cm³/mol. The van der Waals surface area contributed by atoms with Gasteiger partial charge in [-0.05, 0) is 6.42 Å². The summed E-state index contributed by atoms with van der Waals surface area (Å²) in [5, 5.41) is 18.8. The van der Waals surface area contributed by atoms with Crippen LogP contribution in [0.1, 0.15) is 13.3 Å². The Hall–Kier alpha value is -1.83. The maximum absolute atomic E-state index is 13.7. The van der Waals surface area contributed by atoms with Crippen molar-refractivity contribution in [2.75, 3.05) is 7.11 Å². The van der Waals surface area contributed by atoms with Crippen molar-refractivity contribution in [2.24, 2.45) is 0 Å². The molecule has 0 heterocycles. The standard InChI is InChI=1S/C11H12FNO5S/c1-3-9(11(14)15)19-10-5-8(18-2)7(13(16)17)4-6(10)12/h4-5,9H,3H2,1-2H3,(H,14,15). The number of ether oxygens (including phenoxy) is 1. The Balaban J connectivity index is 3.16. The fourth-order valence-corrected chi connectivity index (χ4v) is 2.30. The van der Waals surface area contributed by atoms with Gasteiger partial charge in [0.25, 0.3) is 0 Å². The molecule has 1 aromatic carbocycles. The summed E-state index contributed by atoms with van der Waals surface area (Å²) in [6, 6.07) is 1.87. The number of benzene rings is 1. The first-order valence-corrected chi connectivity index (χ1v) is 6.20. The Labute approximate surface area is 112 Å². The van der Waals surface area contributed by atoms with Crippen molar-refractivity contribution in [1.82, 2.24) is 0 Å². The van der Waals surface area contributed by atoms with Crippen molar-refractivity contribution in [3.8, 4) is 5.75 Å². The molecule has 0 aliphatic heterocycles. The number of nitro groups is 1. The zero-order chi connectivity index (χ0) is 14.6. The monoisotopic (exact) mass is 289 g/mol. The second kappa shape index (κ2) is 6.37. The second-order valence-electron chi connectivity index (χ2n) is 3.56. The molecular formula is C11H12FNO5S. The lowest BCUT2D eigenvalue weighted by atomic mass is 10.3. The minimum absolute atomic E-state index is 0.0108. The molecule has 1 aromatic rings. The highest BCUT2D eigenvalue weighted by Crippen LogP contribution is 2.36. The topological polar surface area (TPSA) is 89.7 Å². The van der Waals surface area contributed by atoms with Crippen LogP contribution in [0.4, 0.5) is 10.1 Å². The highest BCUT2D eigenvalue weighted by molar-refractivity contribution is 8.00. The van der Waals surface area contributed by atoms with Gasteiger partial charge in [0.1, 0.15) is 11.1 Å². The SMILES string of the molecule is CCC(Sc1cc(OC)c([N+](=O)[O-])cc1F)C(=O)O. The van der Waals surface area contributed by atoms with E-state index in [1.54, 1.807) is 6.92 Å². The zero-order valence-electron chi connectivity index (χ0n) is 10.3. The summed E-state index contributed by atoms with van der Waals surface area (Å²) in [6.07, 6.45) is 0.304. The number of halogens is 1. The number of rotatable bonds is 6. The van der Waals surface area contributed by atoms with Gasteiger partial charge in [-0.15, -0.1) is 11.8 Å². The summed E-state index contributed by atoms with van der Waals surface area (Å²) in [5.41, 5.74) is -0.493. The Morgan fingerprint density at radius 3 is 2.68 bits per heavy atom. The number of thioether (sulfide) groups is 1. The van der Waals surface area contributed by atoms with Crippen LogP contribution in [0.2, 0.25) is 0 Å². The van der Waals surface area contributed by atoms with Gasteiger partial charge in [0.05, 0.1) is 18.1 Å². The van der Waals surface area contributed by atoms with E-state index >= 15 is 0 Å². The number of aliphatic carboxylic acids is 1. The number of carboxylic acids is 1. The smallest absolute Gasteiger partial charge is 0.316 e. The van der Waals surface area contributed by atoms with E-state index in [1.165, 1.54) is 7.11 Å². The molecular weight excluding hydrogens is 277 g/mol. The minimum Gasteiger partial charge on any atom is -0.490 e. The molecule has 19 heavy (non-hydrogen) atoms. The molecule has 0 saturated heterocycles. The highest BCUT2D eigenvalue weighted by Gasteiger charge is 2.23. The molecule has 104 valence electrons. The highest BCUT2D eigenvalue weighted by atomic mass is 32.2. The molecule has 1 unspecified atom stereocenters. The Morgan fingerprint density at radius 1 is 1.63 bits per heavy atom. The quantitative estimate of drug-likeness (QED) is 0.492. The molecule has 0 spiro atoms. The Bertz CT molecular complexity index is 508. The van der Waals surface area contributed by atoms with Crippen molar-refractivity contribution < 1.29 is 24.0 Å². The fraction of sp³-hybridized carbons (Fsp3) is 0.364. The van der Waals surface area contributed by atoms with E-state index in [0.29, 0.717) is 6.42 Å². The number of hydrogen-bond donors (Lipinski definition) is 1. The van der Waals surface area contributed by atoms with Crippen molar-refractivity contribution >= 4 is 23.4 Å². The van der Waals surface area contributed by atoms with E-state index in [9.17, 15) is 19.3 Å². The molecule has 0 radical (unpaired) electrons. The van der Waals surface area contributed by atoms with E-state index in [0.717, 1.165) is 23.9 Å². The molecule has 6 nitrogen and oxygen atoms in total. The molecule has 0 fully saturated rings. The van der Waals surface area contributed by atoms with Gasteiger partial charge >= 0.3 is 11.7 Å². The molecule has 1 N–H and O–H groups in total. The van der Waals surface area contributed by atoms with Crippen LogP contribution in [0.15, 0.2) is 17.0 Å². The van der Waals surface area contributed by atoms with Gasteiger partial charge in [-0.2, -0.15) is 0 Å². The average Bonchev–Trinajstić information content (AvgIpc) is 2.36. The summed E-state index contributed by atoms with van der Waals surface area (Å²) < 4.78 is 18.5. The Morgan fingerprint density at radius 2 is 2.26 bits per heavy atom. The van der Waals surface area contributed by atoms with E-state index < -0.39 is 27.6 Å². The van der Waals surface area contributed by atoms with Crippen LogP contribution >= 0.6 is 11.8 Å². The molecule has 1 rings (SSSR count). The first-order valence-electron chi connectivity index (χ1n) is 5.32. The summed E-state index contributed by atoms with van der Waals surface area (Å²) in [4.78, 5) is 20.8. The Kier molecular flexibility index (Phi) is 5.11. The lowest BCUT2D eigenvalue weighted by Gasteiger charge is -2.11. The van der Waals surface area contributed by atoms with E-state index in [4.69, 9.17) is 9.84 Å². The van der Waals surface area contributed by atoms with Gasteiger partial charge in [-0.25, -0.2) is 4.39 Å². The van der Waals surface area contributed by atoms with Crippen LogP contribution in [0.25, 0.3) is 0 Å². The molecule has 0 aromatic heterocycles. The summed E-state index contributed by atoms with van der Waals surface area (Å²) in [6.45, 7) is 1.66. The number of nitrogens with zero attached hydrogens (tertiary/aromatic N) is 1. The minimum atomic E-state index is -1.07. The predicted octanol–water partition coefficient (Wildman–Crippen LogP) is 2.70. The molecule has 1 atom stereocenters. The van der Waals surface area contributed by atoms with Gasteiger partial charge in [0.15, 0.2) is 5.75 Å². The zero-order valence-corrected chi connectivity index (χ0v) is 11.1. The van der Waals surface area contributed by atoms with Gasteiger partial charge in [0, 0.05) is 11.0 Å². The number of carbonyl (C=O) groups is 1. The van der Waals surface area contributed by atoms with Gasteiger partial charge < -0.3 is 9.84 Å². The lowest BCUT2D eigenvalue weighted by molar-refractivity contribution is -0.386. The largest absolute Gasteiger partial charge is 0.490 e. The summed E-state index contributed by atoms with van der Waals surface area (Å²) in [5.74, 6) is -2.00. The van der Waals surface area contributed by atoms with Crippen LogP contribution in [0, 0.1) is 15.9 Å². The maximum atomic E-state index is 13.7. The number of methoxy groups -OCH3 is 1. The summed E-state index contributed by atoms with van der Waals surface area (Å²) in [7, 11) is 1.23. The third-order valence-corrected chi connectivity index (χ3v) is 3.73. The van der Waals surface area contributed by atoms with Gasteiger partial charge in [-0.1, -0.05) is 6.92 Å². The van der Waals surface area contributed by atoms with E-state index in [2.05, 4.69) is 0 Å². The van der Waals surface area contributed by atoms with Crippen molar-refractivity contribution in [2.45, 2.75) is 23.5 Å². The molecule has 8 heteroatoms. The molecule has 0 aliphatic carbocycles. The van der Waals surface area contributed by atoms with Crippen LogP contribution in [0.5, 0.6) is 5.75 Å². The average molecular weight is 289 g/mol. The van der Waals surface area contributed by atoms with Crippen molar-refractivity contribution in [3.63, 3.8) is 0 Å². The number of hydrogen-bond acceptors (Lipinski definition) is 5. The number of carboxylic acid groups (broad SMARTS) is 1. The first kappa shape index (κ1) is 15.2. The molecule has 0 amide bonds. The normalized spacial score (nSPS) is 11.9.